The SMILES string of the molecule is CC(F)(F)c1cc(N=C=S)ccc1C#N. The molecule has 0 aliphatic heterocycles. The Balaban J connectivity index is 3.40. The summed E-state index contributed by atoms with van der Waals surface area (Å²) in [5.74, 6) is -3.07. The highest BCUT2D eigenvalue weighted by Gasteiger charge is 2.27. The van der Waals surface area contributed by atoms with Gasteiger partial charge in [0.2, 0.25) is 0 Å². The highest BCUT2D eigenvalue weighted by Crippen LogP contribution is 2.32. The van der Waals surface area contributed by atoms with Gasteiger partial charge in [0.1, 0.15) is 0 Å². The maximum absolute atomic E-state index is 13.1. The average molecular weight is 224 g/mol. The maximum Gasteiger partial charge on any atom is 0.271 e. The minimum Gasteiger partial charge on any atom is -0.202 e. The van der Waals surface area contributed by atoms with Gasteiger partial charge >= 0.3 is 0 Å². The first-order valence-corrected chi connectivity index (χ1v) is 4.40. The summed E-state index contributed by atoms with van der Waals surface area (Å²) in [6.07, 6.45) is 0. The van der Waals surface area contributed by atoms with Gasteiger partial charge in [-0.15, -0.1) is 0 Å². The predicted molar refractivity (Wildman–Crippen MR) is 55.4 cm³/mol. The van der Waals surface area contributed by atoms with Crippen LogP contribution in [0.4, 0.5) is 14.5 Å². The Bertz CT molecular complexity index is 465. The maximum atomic E-state index is 13.1. The third kappa shape index (κ3) is 2.66. The zero-order chi connectivity index (χ0) is 11.5. The van der Waals surface area contributed by atoms with E-state index in [2.05, 4.69) is 22.4 Å². The molecule has 0 fully saturated rings. The number of hydrogen-bond donors (Lipinski definition) is 0. The lowest BCUT2D eigenvalue weighted by Crippen LogP contribution is -2.09. The van der Waals surface area contributed by atoms with E-state index in [1.54, 1.807) is 6.07 Å². The molecule has 0 aliphatic carbocycles. The molecule has 0 aromatic heterocycles. The molecule has 0 saturated carbocycles. The van der Waals surface area contributed by atoms with E-state index in [0.717, 1.165) is 13.0 Å². The predicted octanol–water partition coefficient (Wildman–Crippen LogP) is 3.40. The minimum absolute atomic E-state index is 0.0641. The normalized spacial score (nSPS) is 10.3. The van der Waals surface area contributed by atoms with Gasteiger partial charge in [0.05, 0.1) is 22.5 Å². The number of isothiocyanates is 1. The van der Waals surface area contributed by atoms with Crippen LogP contribution in [0.3, 0.4) is 0 Å². The summed E-state index contributed by atoms with van der Waals surface area (Å²) >= 11 is 4.36. The standard InChI is InChI=1S/C10H6F2N2S/c1-10(11,12)9-4-8(14-6-15)3-2-7(9)5-13/h2-4H,1H3. The topological polar surface area (TPSA) is 36.1 Å². The van der Waals surface area contributed by atoms with Crippen molar-refractivity contribution in [1.29, 1.82) is 5.26 Å². The average Bonchev–Trinajstić information content (AvgIpc) is 2.17. The summed E-state index contributed by atoms with van der Waals surface area (Å²) < 4.78 is 26.2. The summed E-state index contributed by atoms with van der Waals surface area (Å²) in [6.45, 7) is 0.730. The number of hydrogen-bond acceptors (Lipinski definition) is 3. The van der Waals surface area contributed by atoms with Gasteiger partial charge in [0.25, 0.3) is 5.92 Å². The molecular weight excluding hydrogens is 218 g/mol. The molecular formula is C10H6F2N2S. The number of nitriles is 1. The lowest BCUT2D eigenvalue weighted by Gasteiger charge is -2.12. The highest BCUT2D eigenvalue weighted by molar-refractivity contribution is 7.78. The third-order valence-corrected chi connectivity index (χ3v) is 1.86. The summed E-state index contributed by atoms with van der Waals surface area (Å²) in [4.78, 5) is 3.58. The van der Waals surface area contributed by atoms with Gasteiger partial charge in [-0.1, -0.05) is 0 Å². The molecule has 76 valence electrons. The molecule has 2 nitrogen and oxygen atoms in total. The van der Waals surface area contributed by atoms with Crippen LogP contribution < -0.4 is 0 Å². The molecule has 1 aromatic carbocycles. The van der Waals surface area contributed by atoms with Gasteiger partial charge in [-0.3, -0.25) is 0 Å². The molecule has 5 heteroatoms. The second-order valence-electron chi connectivity index (χ2n) is 2.93. The van der Waals surface area contributed by atoms with Crippen molar-refractivity contribution in [2.45, 2.75) is 12.8 Å². The number of halogens is 2. The summed E-state index contributed by atoms with van der Waals surface area (Å²) in [6, 6.07) is 5.57. The highest BCUT2D eigenvalue weighted by atomic mass is 32.1. The number of thiocarbonyl (C=S) groups is 1. The van der Waals surface area contributed by atoms with E-state index in [4.69, 9.17) is 5.26 Å². The molecule has 0 unspecified atom stereocenters. The molecule has 0 saturated heterocycles. The van der Waals surface area contributed by atoms with E-state index in [9.17, 15) is 8.78 Å². The van der Waals surface area contributed by atoms with Crippen LogP contribution in [0.2, 0.25) is 0 Å². The van der Waals surface area contributed by atoms with E-state index in [-0.39, 0.29) is 16.8 Å². The lowest BCUT2D eigenvalue weighted by atomic mass is 10.0. The van der Waals surface area contributed by atoms with Gasteiger partial charge in [-0.2, -0.15) is 10.3 Å². The van der Waals surface area contributed by atoms with Crippen LogP contribution >= 0.6 is 12.2 Å². The fourth-order valence-electron chi connectivity index (χ4n) is 1.12. The number of rotatable bonds is 2. The molecule has 15 heavy (non-hydrogen) atoms. The molecule has 0 heterocycles. The first-order valence-electron chi connectivity index (χ1n) is 3.99. The lowest BCUT2D eigenvalue weighted by molar-refractivity contribution is 0.0172. The van der Waals surface area contributed by atoms with Crippen LogP contribution in [0.15, 0.2) is 23.2 Å². The number of benzene rings is 1. The second-order valence-corrected chi connectivity index (χ2v) is 3.12. The van der Waals surface area contributed by atoms with Crippen molar-refractivity contribution in [2.24, 2.45) is 4.99 Å². The van der Waals surface area contributed by atoms with Crippen LogP contribution in [0.1, 0.15) is 18.1 Å². The zero-order valence-electron chi connectivity index (χ0n) is 7.79. The van der Waals surface area contributed by atoms with Gasteiger partial charge < -0.3 is 0 Å². The Kier molecular flexibility index (Phi) is 3.25. The Morgan fingerprint density at radius 1 is 1.47 bits per heavy atom. The zero-order valence-corrected chi connectivity index (χ0v) is 8.61. The van der Waals surface area contributed by atoms with E-state index in [1.165, 1.54) is 12.1 Å². The summed E-state index contributed by atoms with van der Waals surface area (Å²) in [5, 5.41) is 10.7. The van der Waals surface area contributed by atoms with Crippen molar-refractivity contribution in [3.8, 4) is 6.07 Å². The quantitative estimate of drug-likeness (QED) is 0.570. The molecule has 0 atom stereocenters. The molecule has 0 radical (unpaired) electrons. The fraction of sp³-hybridized carbons (Fsp3) is 0.200. The second kappa shape index (κ2) is 4.26. The van der Waals surface area contributed by atoms with E-state index < -0.39 is 5.92 Å². The molecule has 0 N–H and O–H groups in total. The van der Waals surface area contributed by atoms with Crippen LogP contribution in [0.25, 0.3) is 0 Å². The molecule has 1 aromatic rings. The van der Waals surface area contributed by atoms with Gasteiger partial charge in [0.15, 0.2) is 0 Å². The Hall–Kier alpha value is -1.63. The number of nitrogens with zero attached hydrogens (tertiary/aromatic N) is 2. The van der Waals surface area contributed by atoms with Gasteiger partial charge in [0, 0.05) is 12.5 Å². The smallest absolute Gasteiger partial charge is 0.202 e. The van der Waals surface area contributed by atoms with Crippen molar-refractivity contribution in [3.63, 3.8) is 0 Å². The minimum atomic E-state index is -3.07. The van der Waals surface area contributed by atoms with Crippen LogP contribution in [-0.2, 0) is 5.92 Å². The van der Waals surface area contributed by atoms with Gasteiger partial charge in [-0.05, 0) is 30.4 Å². The number of alkyl halides is 2. The summed E-state index contributed by atoms with van der Waals surface area (Å²) in [5.41, 5.74) is -0.150. The Morgan fingerprint density at radius 3 is 2.60 bits per heavy atom. The van der Waals surface area contributed by atoms with Crippen molar-refractivity contribution < 1.29 is 8.78 Å². The van der Waals surface area contributed by atoms with Crippen molar-refractivity contribution >= 4 is 23.1 Å². The monoisotopic (exact) mass is 224 g/mol. The third-order valence-electron chi connectivity index (χ3n) is 1.77. The fourth-order valence-corrected chi connectivity index (χ4v) is 1.22. The molecule has 1 rings (SSSR count). The van der Waals surface area contributed by atoms with Crippen LogP contribution in [0, 0.1) is 11.3 Å². The molecule has 0 bridgehead atoms. The first-order chi connectivity index (χ1) is 6.99. The van der Waals surface area contributed by atoms with Crippen molar-refractivity contribution in [2.75, 3.05) is 0 Å². The Morgan fingerprint density at radius 2 is 2.13 bits per heavy atom. The Labute approximate surface area is 90.9 Å². The van der Waals surface area contributed by atoms with Crippen molar-refractivity contribution in [1.82, 2.24) is 0 Å². The largest absolute Gasteiger partial charge is 0.271 e. The van der Waals surface area contributed by atoms with Crippen LogP contribution in [0.5, 0.6) is 0 Å². The van der Waals surface area contributed by atoms with E-state index in [1.807, 2.05) is 0 Å². The number of aliphatic imine (C=N–C) groups is 1. The van der Waals surface area contributed by atoms with Crippen molar-refractivity contribution in [3.05, 3.63) is 29.3 Å². The molecule has 0 amide bonds. The van der Waals surface area contributed by atoms with E-state index in [0.29, 0.717) is 0 Å². The van der Waals surface area contributed by atoms with Gasteiger partial charge in [-0.25, -0.2) is 8.78 Å². The molecule has 0 aliphatic rings. The summed E-state index contributed by atoms with van der Waals surface area (Å²) in [7, 11) is 0. The first kappa shape index (κ1) is 11.4. The molecule has 0 spiro atoms. The van der Waals surface area contributed by atoms with Crippen LogP contribution in [-0.4, -0.2) is 5.16 Å². The van der Waals surface area contributed by atoms with E-state index >= 15 is 0 Å².